The van der Waals surface area contributed by atoms with Crippen molar-refractivity contribution in [3.63, 3.8) is 0 Å². The Hall–Kier alpha value is -0.940. The van der Waals surface area contributed by atoms with Gasteiger partial charge in [-0.1, -0.05) is 30.3 Å². The highest BCUT2D eigenvalue weighted by Gasteiger charge is 2.58. The third-order valence-electron chi connectivity index (χ3n) is 4.01. The van der Waals surface area contributed by atoms with Crippen LogP contribution in [0.2, 0.25) is 0 Å². The first-order valence-corrected chi connectivity index (χ1v) is 6.45. The second kappa shape index (κ2) is 4.03. The van der Waals surface area contributed by atoms with Crippen molar-refractivity contribution >= 4 is 0 Å². The van der Waals surface area contributed by atoms with Crippen LogP contribution in [0.4, 0.5) is 0 Å². The number of ether oxygens (including phenoxy) is 4. The Morgan fingerprint density at radius 3 is 2.78 bits per heavy atom. The number of rotatable bonds is 1. The zero-order valence-electron chi connectivity index (χ0n) is 10.1. The van der Waals surface area contributed by atoms with Crippen LogP contribution in [0, 0.1) is 0 Å². The molecule has 0 aromatic heterocycles. The van der Waals surface area contributed by atoms with E-state index in [0.717, 1.165) is 18.6 Å². The van der Waals surface area contributed by atoms with Gasteiger partial charge in [-0.25, -0.2) is 0 Å². The Labute approximate surface area is 106 Å². The minimum Gasteiger partial charge on any atom is -0.372 e. The largest absolute Gasteiger partial charge is 0.372 e. The van der Waals surface area contributed by atoms with Gasteiger partial charge in [0.2, 0.25) is 0 Å². The molecule has 3 aliphatic rings. The first-order chi connectivity index (χ1) is 8.87. The predicted octanol–water partition coefficient (Wildman–Crippen LogP) is 1.66. The molecule has 0 radical (unpaired) electrons. The monoisotopic (exact) mass is 248 g/mol. The Balaban J connectivity index is 1.59. The van der Waals surface area contributed by atoms with Crippen molar-refractivity contribution in [2.24, 2.45) is 0 Å². The summed E-state index contributed by atoms with van der Waals surface area (Å²) in [6, 6.07) is 10.0. The van der Waals surface area contributed by atoms with E-state index < -0.39 is 0 Å². The van der Waals surface area contributed by atoms with Crippen molar-refractivity contribution in [3.05, 3.63) is 35.9 Å². The van der Waals surface area contributed by atoms with Gasteiger partial charge in [0.05, 0.1) is 25.9 Å². The van der Waals surface area contributed by atoms with Crippen molar-refractivity contribution in [1.29, 1.82) is 0 Å². The van der Waals surface area contributed by atoms with Gasteiger partial charge in [0.1, 0.15) is 11.7 Å². The van der Waals surface area contributed by atoms with E-state index >= 15 is 0 Å². The molecule has 4 rings (SSSR count). The molecule has 1 aromatic rings. The van der Waals surface area contributed by atoms with Gasteiger partial charge in [0, 0.05) is 5.56 Å². The molecule has 0 saturated carbocycles. The molecule has 0 amide bonds. The maximum Gasteiger partial charge on any atom is 0.184 e. The molecule has 3 heterocycles. The summed E-state index contributed by atoms with van der Waals surface area (Å²) >= 11 is 0. The molecule has 2 bridgehead atoms. The fourth-order valence-corrected chi connectivity index (χ4v) is 3.04. The molecule has 3 saturated heterocycles. The molecular formula is C14H16O4. The lowest BCUT2D eigenvalue weighted by atomic mass is 9.92. The lowest BCUT2D eigenvalue weighted by Crippen LogP contribution is -2.58. The lowest BCUT2D eigenvalue weighted by molar-refractivity contribution is -0.305. The summed E-state index contributed by atoms with van der Waals surface area (Å²) in [5, 5.41) is 0. The molecule has 4 unspecified atom stereocenters. The zero-order chi connectivity index (χ0) is 12.0. The Bertz CT molecular complexity index is 431. The van der Waals surface area contributed by atoms with E-state index in [1.807, 2.05) is 30.3 Å². The van der Waals surface area contributed by atoms with Crippen LogP contribution in [0.15, 0.2) is 30.3 Å². The minimum absolute atomic E-state index is 0.00482. The van der Waals surface area contributed by atoms with Gasteiger partial charge in [-0.2, -0.15) is 0 Å². The first kappa shape index (κ1) is 10.9. The Kier molecular flexibility index (Phi) is 2.45. The highest BCUT2D eigenvalue weighted by atomic mass is 16.7. The van der Waals surface area contributed by atoms with Crippen LogP contribution in [-0.2, 0) is 18.9 Å². The molecular weight excluding hydrogens is 232 g/mol. The molecule has 0 aliphatic carbocycles. The number of hydrogen-bond donors (Lipinski definition) is 0. The van der Waals surface area contributed by atoms with Crippen molar-refractivity contribution in [2.45, 2.75) is 30.5 Å². The van der Waals surface area contributed by atoms with Gasteiger partial charge in [-0.05, 0) is 6.42 Å². The lowest BCUT2D eigenvalue weighted by Gasteiger charge is -2.44. The van der Waals surface area contributed by atoms with Crippen LogP contribution in [0.5, 0.6) is 0 Å². The molecule has 0 spiro atoms. The summed E-state index contributed by atoms with van der Waals surface area (Å²) in [5.74, 6) is 0. The molecule has 3 fully saturated rings. The highest BCUT2D eigenvalue weighted by molar-refractivity contribution is 5.17. The van der Waals surface area contributed by atoms with Crippen molar-refractivity contribution < 1.29 is 18.9 Å². The standard InChI is InChI=1S/C14H16O4/c1-2-4-10(5-3-1)13-16-9-14-8-15-11(6-7-17-14)12(14)18-13/h1-5,11-13H,6-9H2. The van der Waals surface area contributed by atoms with Gasteiger partial charge in [0.15, 0.2) is 6.29 Å². The molecule has 0 N–H and O–H groups in total. The highest BCUT2D eigenvalue weighted by Crippen LogP contribution is 2.43. The van der Waals surface area contributed by atoms with E-state index in [9.17, 15) is 0 Å². The Morgan fingerprint density at radius 1 is 1.06 bits per heavy atom. The molecule has 3 aliphatic heterocycles. The van der Waals surface area contributed by atoms with Gasteiger partial charge >= 0.3 is 0 Å². The maximum absolute atomic E-state index is 6.08. The van der Waals surface area contributed by atoms with Crippen molar-refractivity contribution in [2.75, 3.05) is 19.8 Å². The molecule has 96 valence electrons. The van der Waals surface area contributed by atoms with Crippen LogP contribution in [0.3, 0.4) is 0 Å². The van der Waals surface area contributed by atoms with E-state index in [1.165, 1.54) is 0 Å². The van der Waals surface area contributed by atoms with Crippen LogP contribution >= 0.6 is 0 Å². The summed E-state index contributed by atoms with van der Waals surface area (Å²) in [6.07, 6.45) is 0.780. The quantitative estimate of drug-likeness (QED) is 0.757. The van der Waals surface area contributed by atoms with Crippen molar-refractivity contribution in [1.82, 2.24) is 0 Å². The number of benzene rings is 1. The second-order valence-electron chi connectivity index (χ2n) is 5.16. The van der Waals surface area contributed by atoms with E-state index in [2.05, 4.69) is 0 Å². The SMILES string of the molecule is c1ccc(C2OCC34COC(CCO3)C4O2)cc1. The van der Waals surface area contributed by atoms with Gasteiger partial charge in [-0.3, -0.25) is 0 Å². The summed E-state index contributed by atoms with van der Waals surface area (Å²) in [5.41, 5.74) is 0.686. The average Bonchev–Trinajstić information content (AvgIpc) is 2.66. The van der Waals surface area contributed by atoms with Crippen LogP contribution < -0.4 is 0 Å². The van der Waals surface area contributed by atoms with E-state index in [1.54, 1.807) is 0 Å². The summed E-state index contributed by atoms with van der Waals surface area (Å²) in [4.78, 5) is 0. The van der Waals surface area contributed by atoms with E-state index in [-0.39, 0.29) is 24.1 Å². The third kappa shape index (κ3) is 1.53. The van der Waals surface area contributed by atoms with Crippen LogP contribution in [0.25, 0.3) is 0 Å². The van der Waals surface area contributed by atoms with Crippen LogP contribution in [0.1, 0.15) is 18.3 Å². The van der Waals surface area contributed by atoms with Crippen LogP contribution in [-0.4, -0.2) is 37.6 Å². The van der Waals surface area contributed by atoms with Gasteiger partial charge in [-0.15, -0.1) is 0 Å². The van der Waals surface area contributed by atoms with Gasteiger partial charge < -0.3 is 18.9 Å². The molecule has 4 nitrogen and oxygen atoms in total. The zero-order valence-corrected chi connectivity index (χ0v) is 10.1. The maximum atomic E-state index is 6.08. The Morgan fingerprint density at radius 2 is 1.89 bits per heavy atom. The second-order valence-corrected chi connectivity index (χ2v) is 5.16. The molecule has 18 heavy (non-hydrogen) atoms. The van der Waals surface area contributed by atoms with Gasteiger partial charge in [0.25, 0.3) is 0 Å². The topological polar surface area (TPSA) is 36.9 Å². The molecule has 4 heteroatoms. The first-order valence-electron chi connectivity index (χ1n) is 6.45. The minimum atomic E-state index is -0.367. The third-order valence-corrected chi connectivity index (χ3v) is 4.01. The summed E-state index contributed by atoms with van der Waals surface area (Å²) in [7, 11) is 0. The normalized spacial score (nSPS) is 42.6. The molecule has 4 atom stereocenters. The summed E-state index contributed by atoms with van der Waals surface area (Å²) in [6.45, 7) is 1.88. The predicted molar refractivity (Wildman–Crippen MR) is 63.0 cm³/mol. The fourth-order valence-electron chi connectivity index (χ4n) is 3.04. The van der Waals surface area contributed by atoms with E-state index in [4.69, 9.17) is 18.9 Å². The fraction of sp³-hybridized carbons (Fsp3) is 0.571. The smallest absolute Gasteiger partial charge is 0.184 e. The van der Waals surface area contributed by atoms with Crippen molar-refractivity contribution in [3.8, 4) is 0 Å². The average molecular weight is 248 g/mol. The number of hydrogen-bond acceptors (Lipinski definition) is 4. The van der Waals surface area contributed by atoms with E-state index in [0.29, 0.717) is 13.2 Å². The summed E-state index contributed by atoms with van der Waals surface area (Å²) < 4.78 is 23.5. The molecule has 1 aromatic carbocycles.